The maximum Gasteiger partial charge on any atom is 0.0676 e. The minimum atomic E-state index is 0.107. The van der Waals surface area contributed by atoms with Crippen LogP contribution in [0.4, 0.5) is 0 Å². The van der Waals surface area contributed by atoms with Crippen LogP contribution in [0.1, 0.15) is 67.6 Å². The first kappa shape index (κ1) is 17.7. The topological polar surface area (TPSA) is 58.5 Å². The molecule has 5 heteroatoms. The Balaban J connectivity index is 2.30. The van der Waals surface area contributed by atoms with Crippen molar-refractivity contribution in [2.24, 2.45) is 7.05 Å². The lowest BCUT2D eigenvalue weighted by molar-refractivity contribution is 0.572. The zero-order valence-electron chi connectivity index (χ0n) is 15.8. The largest absolute Gasteiger partial charge is 0.313 e. The molecule has 23 heavy (non-hydrogen) atoms. The van der Waals surface area contributed by atoms with Crippen molar-refractivity contribution in [3.8, 4) is 0 Å². The van der Waals surface area contributed by atoms with E-state index in [4.69, 9.17) is 0 Å². The van der Waals surface area contributed by atoms with E-state index in [2.05, 4.69) is 62.2 Å². The third-order valence-electron chi connectivity index (χ3n) is 4.63. The molecule has 1 atom stereocenters. The number of nitrogens with zero attached hydrogens (tertiary/aromatic N) is 3. The Labute approximate surface area is 139 Å². The molecule has 0 bridgehead atoms. The number of hydrogen-bond acceptors (Lipinski definition) is 3. The van der Waals surface area contributed by atoms with E-state index in [9.17, 15) is 0 Å². The predicted octanol–water partition coefficient (Wildman–Crippen LogP) is 3.12. The molecule has 0 fully saturated rings. The number of hydrogen-bond donors (Lipinski definition) is 2. The molecule has 5 nitrogen and oxygen atoms in total. The highest BCUT2D eigenvalue weighted by molar-refractivity contribution is 5.34. The fraction of sp³-hybridized carbons (Fsp3) is 0.667. The molecular weight excluding hydrogens is 286 g/mol. The molecule has 0 amide bonds. The van der Waals surface area contributed by atoms with Gasteiger partial charge in [-0.3, -0.25) is 9.78 Å². The van der Waals surface area contributed by atoms with Crippen molar-refractivity contribution in [2.45, 2.75) is 65.8 Å². The average Bonchev–Trinajstić information content (AvgIpc) is 2.94. The minimum absolute atomic E-state index is 0.107. The van der Waals surface area contributed by atoms with E-state index in [1.165, 1.54) is 16.8 Å². The van der Waals surface area contributed by atoms with Crippen LogP contribution in [-0.4, -0.2) is 27.0 Å². The highest BCUT2D eigenvalue weighted by Gasteiger charge is 2.25. The predicted molar refractivity (Wildman–Crippen MR) is 94.9 cm³/mol. The lowest BCUT2D eigenvalue weighted by atomic mass is 9.84. The first-order valence-electron chi connectivity index (χ1n) is 8.40. The lowest BCUT2D eigenvalue weighted by Gasteiger charge is -2.21. The summed E-state index contributed by atoms with van der Waals surface area (Å²) in [7, 11) is 4.04. The summed E-state index contributed by atoms with van der Waals surface area (Å²) in [6.07, 6.45) is 1.88. The average molecular weight is 317 g/mol. The van der Waals surface area contributed by atoms with Crippen molar-refractivity contribution in [3.05, 3.63) is 33.9 Å². The summed E-state index contributed by atoms with van der Waals surface area (Å²) in [5.41, 5.74) is 7.54. The highest BCUT2D eigenvalue weighted by Crippen LogP contribution is 2.30. The minimum Gasteiger partial charge on any atom is -0.313 e. The van der Waals surface area contributed by atoms with Crippen LogP contribution in [0, 0.1) is 13.8 Å². The molecular formula is C18H31N5. The van der Waals surface area contributed by atoms with Crippen LogP contribution in [0.5, 0.6) is 0 Å². The van der Waals surface area contributed by atoms with Crippen LogP contribution >= 0.6 is 0 Å². The SMILES string of the molecule is CNC(C)c1c(CCc2c(C(C)(C)C)c(C)nn2C)n[nH]c1C. The van der Waals surface area contributed by atoms with E-state index in [1.54, 1.807) is 0 Å². The van der Waals surface area contributed by atoms with Crippen molar-refractivity contribution in [1.82, 2.24) is 25.3 Å². The standard InChI is InChI=1S/C18H31N5/c1-11(19-7)16-12(2)20-21-14(16)9-10-15-17(18(4,5)6)13(3)22-23(15)8/h11,19H,9-10H2,1-8H3,(H,20,21). The second-order valence-electron chi connectivity index (χ2n) is 7.50. The Morgan fingerprint density at radius 1 is 1.22 bits per heavy atom. The van der Waals surface area contributed by atoms with Gasteiger partial charge < -0.3 is 5.32 Å². The van der Waals surface area contributed by atoms with Crippen molar-refractivity contribution >= 4 is 0 Å². The van der Waals surface area contributed by atoms with E-state index < -0.39 is 0 Å². The van der Waals surface area contributed by atoms with Gasteiger partial charge in [0.2, 0.25) is 0 Å². The Kier molecular flexibility index (Phi) is 4.99. The van der Waals surface area contributed by atoms with Gasteiger partial charge in [0.05, 0.1) is 11.4 Å². The second-order valence-corrected chi connectivity index (χ2v) is 7.50. The van der Waals surface area contributed by atoms with Crippen LogP contribution in [0.2, 0.25) is 0 Å². The Hall–Kier alpha value is -1.62. The summed E-state index contributed by atoms with van der Waals surface area (Å²) in [5.74, 6) is 0. The zero-order chi connectivity index (χ0) is 17.4. The highest BCUT2D eigenvalue weighted by atomic mass is 15.3. The summed E-state index contributed by atoms with van der Waals surface area (Å²) in [4.78, 5) is 0. The molecule has 0 aliphatic rings. The van der Waals surface area contributed by atoms with Crippen LogP contribution in [0.25, 0.3) is 0 Å². The smallest absolute Gasteiger partial charge is 0.0676 e. The number of H-pyrrole nitrogens is 1. The molecule has 0 spiro atoms. The van der Waals surface area contributed by atoms with Crippen LogP contribution in [0.15, 0.2) is 0 Å². The van der Waals surface area contributed by atoms with E-state index in [0.29, 0.717) is 6.04 Å². The van der Waals surface area contributed by atoms with Gasteiger partial charge in [0.25, 0.3) is 0 Å². The maximum atomic E-state index is 4.64. The van der Waals surface area contributed by atoms with E-state index in [1.807, 2.05) is 18.8 Å². The van der Waals surface area contributed by atoms with E-state index >= 15 is 0 Å². The van der Waals surface area contributed by atoms with Gasteiger partial charge in [-0.15, -0.1) is 0 Å². The zero-order valence-corrected chi connectivity index (χ0v) is 15.8. The number of aromatic amines is 1. The Morgan fingerprint density at radius 2 is 1.87 bits per heavy atom. The number of aryl methyl sites for hydroxylation is 4. The van der Waals surface area contributed by atoms with E-state index in [0.717, 1.165) is 29.9 Å². The molecule has 0 aromatic carbocycles. The summed E-state index contributed by atoms with van der Waals surface area (Å²) < 4.78 is 2.04. The van der Waals surface area contributed by atoms with Gasteiger partial charge in [0.15, 0.2) is 0 Å². The van der Waals surface area contributed by atoms with Crippen LogP contribution in [0.3, 0.4) is 0 Å². The lowest BCUT2D eigenvalue weighted by Crippen LogP contribution is -2.17. The molecule has 2 aromatic rings. The van der Waals surface area contributed by atoms with Crippen molar-refractivity contribution in [3.63, 3.8) is 0 Å². The molecule has 0 aliphatic carbocycles. The first-order valence-corrected chi connectivity index (χ1v) is 8.40. The van der Waals surface area contributed by atoms with E-state index in [-0.39, 0.29) is 5.41 Å². The fourth-order valence-corrected chi connectivity index (χ4v) is 3.60. The molecule has 1 unspecified atom stereocenters. The Bertz CT molecular complexity index is 672. The van der Waals surface area contributed by atoms with Gasteiger partial charge in [-0.05, 0) is 46.1 Å². The fourth-order valence-electron chi connectivity index (χ4n) is 3.60. The molecule has 0 radical (unpaired) electrons. The van der Waals surface area contributed by atoms with Crippen LogP contribution < -0.4 is 5.32 Å². The molecule has 2 heterocycles. The molecule has 0 aliphatic heterocycles. The van der Waals surface area contributed by atoms with Crippen molar-refractivity contribution in [1.29, 1.82) is 0 Å². The van der Waals surface area contributed by atoms with Crippen molar-refractivity contribution < 1.29 is 0 Å². The maximum absolute atomic E-state index is 4.64. The number of aromatic nitrogens is 4. The molecule has 0 saturated heterocycles. The summed E-state index contributed by atoms with van der Waals surface area (Å²) in [5, 5.41) is 15.6. The molecule has 128 valence electrons. The molecule has 2 N–H and O–H groups in total. The van der Waals surface area contributed by atoms with Gasteiger partial charge in [-0.25, -0.2) is 0 Å². The monoisotopic (exact) mass is 317 g/mol. The molecule has 2 aromatic heterocycles. The third-order valence-corrected chi connectivity index (χ3v) is 4.63. The molecule has 0 saturated carbocycles. The van der Waals surface area contributed by atoms with Crippen LogP contribution in [-0.2, 0) is 25.3 Å². The van der Waals surface area contributed by atoms with Crippen molar-refractivity contribution in [2.75, 3.05) is 7.05 Å². The second kappa shape index (κ2) is 6.48. The third kappa shape index (κ3) is 3.50. The number of nitrogens with one attached hydrogen (secondary N) is 2. The summed E-state index contributed by atoms with van der Waals surface area (Å²) >= 11 is 0. The van der Waals surface area contributed by atoms with Gasteiger partial charge in [0, 0.05) is 35.6 Å². The quantitative estimate of drug-likeness (QED) is 0.891. The summed E-state index contributed by atoms with van der Waals surface area (Å²) in [6, 6.07) is 0.305. The Morgan fingerprint density at radius 3 is 2.43 bits per heavy atom. The van der Waals surface area contributed by atoms with Gasteiger partial charge >= 0.3 is 0 Å². The first-order chi connectivity index (χ1) is 10.7. The van der Waals surface area contributed by atoms with Gasteiger partial charge in [-0.1, -0.05) is 20.8 Å². The number of rotatable bonds is 5. The summed E-state index contributed by atoms with van der Waals surface area (Å²) in [6.45, 7) is 13.1. The van der Waals surface area contributed by atoms with Gasteiger partial charge in [-0.2, -0.15) is 10.2 Å². The van der Waals surface area contributed by atoms with Gasteiger partial charge in [0.1, 0.15) is 0 Å². The molecule has 2 rings (SSSR count). The normalized spacial score (nSPS) is 13.6.